The third-order valence-corrected chi connectivity index (χ3v) is 9.34. The van der Waals surface area contributed by atoms with Crippen LogP contribution in [0.3, 0.4) is 0 Å². The van der Waals surface area contributed by atoms with E-state index in [9.17, 15) is 4.79 Å². The predicted molar refractivity (Wildman–Crippen MR) is 172 cm³/mol. The molecule has 0 aromatic heterocycles. The second kappa shape index (κ2) is 13.6. The van der Waals surface area contributed by atoms with Crippen LogP contribution in [0, 0.1) is 0 Å². The Hall–Kier alpha value is -2.89. The predicted octanol–water partition coefficient (Wildman–Crippen LogP) is 9.60. The quantitative estimate of drug-likeness (QED) is 0.180. The van der Waals surface area contributed by atoms with Crippen LogP contribution in [0.2, 0.25) is 10.0 Å². The summed E-state index contributed by atoms with van der Waals surface area (Å²) < 4.78 is 17.4. The van der Waals surface area contributed by atoms with E-state index in [0.29, 0.717) is 41.1 Å². The smallest absolute Gasteiger partial charge is 0.254 e. The maximum Gasteiger partial charge on any atom is 0.254 e. The van der Waals surface area contributed by atoms with Gasteiger partial charge >= 0.3 is 0 Å². The van der Waals surface area contributed by atoms with Gasteiger partial charge in [0, 0.05) is 24.2 Å². The van der Waals surface area contributed by atoms with Crippen LogP contribution in [-0.4, -0.2) is 30.8 Å². The zero-order valence-corrected chi connectivity index (χ0v) is 27.2. The molecule has 0 bridgehead atoms. The SMILES string of the molecule is CCC(C)(C)c1ccc(OCCCCN(Cc2ccc3c(c2)OCO3)C(=O)c2ccc(Cl)c(Cl)c2)c(C(C)(C)CC)c1. The molecule has 42 heavy (non-hydrogen) atoms. The van der Waals surface area contributed by atoms with Crippen LogP contribution in [0.15, 0.2) is 54.6 Å². The average molecular weight is 613 g/mol. The lowest BCUT2D eigenvalue weighted by Gasteiger charge is -2.30. The maximum atomic E-state index is 13.6. The number of fused-ring (bicyclic) bond motifs is 1. The standard InChI is InChI=1S/C35H43Cl2NO4/c1-7-34(3,4)26-13-16-30(27(21-26)35(5,6)8-2)40-18-10-9-17-38(33(39)25-12-14-28(36)29(37)20-25)22-24-11-15-31-32(19-24)42-23-41-31/h11-16,19-21H,7-10,17-18,22-23H2,1-6H3. The normalized spacial score (nSPS) is 12.9. The summed E-state index contributed by atoms with van der Waals surface area (Å²) >= 11 is 12.3. The lowest BCUT2D eigenvalue weighted by molar-refractivity contribution is 0.0737. The topological polar surface area (TPSA) is 48.0 Å². The van der Waals surface area contributed by atoms with Crippen LogP contribution in [0.5, 0.6) is 17.2 Å². The van der Waals surface area contributed by atoms with Gasteiger partial charge in [0.25, 0.3) is 5.91 Å². The van der Waals surface area contributed by atoms with E-state index in [1.807, 2.05) is 23.1 Å². The molecule has 226 valence electrons. The Bertz CT molecular complexity index is 1400. The molecule has 0 atom stereocenters. The number of hydrogen-bond acceptors (Lipinski definition) is 4. The van der Waals surface area contributed by atoms with Gasteiger partial charge in [-0.1, -0.05) is 82.9 Å². The minimum Gasteiger partial charge on any atom is -0.493 e. The molecule has 1 amide bonds. The molecule has 1 aliphatic heterocycles. The van der Waals surface area contributed by atoms with Gasteiger partial charge < -0.3 is 19.1 Å². The third-order valence-electron chi connectivity index (χ3n) is 8.60. The molecule has 1 heterocycles. The van der Waals surface area contributed by atoms with Gasteiger partial charge in [-0.2, -0.15) is 0 Å². The van der Waals surface area contributed by atoms with E-state index in [2.05, 4.69) is 59.7 Å². The summed E-state index contributed by atoms with van der Waals surface area (Å²) in [5.41, 5.74) is 4.17. The number of amides is 1. The van der Waals surface area contributed by atoms with Gasteiger partial charge in [0.05, 0.1) is 16.7 Å². The van der Waals surface area contributed by atoms with E-state index >= 15 is 0 Å². The molecule has 0 saturated carbocycles. The summed E-state index contributed by atoms with van der Waals surface area (Å²) in [6.45, 7) is 15.4. The molecule has 0 spiro atoms. The molecule has 4 rings (SSSR count). The van der Waals surface area contributed by atoms with Gasteiger partial charge in [-0.05, 0) is 84.0 Å². The molecule has 7 heteroatoms. The van der Waals surface area contributed by atoms with Gasteiger partial charge in [0.1, 0.15) is 5.75 Å². The van der Waals surface area contributed by atoms with Crippen molar-refractivity contribution in [3.8, 4) is 17.2 Å². The first-order valence-electron chi connectivity index (χ1n) is 14.9. The van der Waals surface area contributed by atoms with Crippen molar-refractivity contribution in [1.82, 2.24) is 4.90 Å². The van der Waals surface area contributed by atoms with Crippen molar-refractivity contribution in [3.05, 3.63) is 86.9 Å². The van der Waals surface area contributed by atoms with Crippen molar-refractivity contribution in [3.63, 3.8) is 0 Å². The van der Waals surface area contributed by atoms with Crippen molar-refractivity contribution in [2.24, 2.45) is 0 Å². The number of hydrogen-bond donors (Lipinski definition) is 0. The Morgan fingerprint density at radius 2 is 1.60 bits per heavy atom. The van der Waals surface area contributed by atoms with E-state index in [4.69, 9.17) is 37.4 Å². The highest BCUT2D eigenvalue weighted by Crippen LogP contribution is 2.38. The molecule has 0 N–H and O–H groups in total. The molecular formula is C35H43Cl2NO4. The molecule has 0 radical (unpaired) electrons. The lowest BCUT2D eigenvalue weighted by atomic mass is 9.76. The van der Waals surface area contributed by atoms with Gasteiger partial charge in [0.15, 0.2) is 11.5 Å². The number of carbonyl (C=O) groups is 1. The maximum absolute atomic E-state index is 13.6. The summed E-state index contributed by atoms with van der Waals surface area (Å²) in [6.07, 6.45) is 3.68. The monoisotopic (exact) mass is 611 g/mol. The molecule has 0 unspecified atom stereocenters. The second-order valence-corrected chi connectivity index (χ2v) is 13.1. The van der Waals surface area contributed by atoms with E-state index in [1.165, 1.54) is 11.1 Å². The van der Waals surface area contributed by atoms with Crippen LogP contribution in [0.4, 0.5) is 0 Å². The minimum atomic E-state index is -0.103. The summed E-state index contributed by atoms with van der Waals surface area (Å²) in [4.78, 5) is 15.4. The first-order chi connectivity index (χ1) is 19.9. The number of rotatable bonds is 13. The number of nitrogens with zero attached hydrogens (tertiary/aromatic N) is 1. The molecule has 1 aliphatic rings. The van der Waals surface area contributed by atoms with E-state index in [0.717, 1.165) is 42.7 Å². The Balaban J connectivity index is 1.44. The van der Waals surface area contributed by atoms with E-state index in [-0.39, 0.29) is 23.5 Å². The first kappa shape index (κ1) is 32.0. The number of halogens is 2. The van der Waals surface area contributed by atoms with E-state index in [1.54, 1.807) is 18.2 Å². The molecule has 0 saturated heterocycles. The molecule has 0 fully saturated rings. The molecule has 5 nitrogen and oxygen atoms in total. The fourth-order valence-electron chi connectivity index (χ4n) is 4.91. The van der Waals surface area contributed by atoms with Gasteiger partial charge in [-0.3, -0.25) is 4.79 Å². The van der Waals surface area contributed by atoms with Crippen molar-refractivity contribution in [1.29, 1.82) is 0 Å². The highest BCUT2D eigenvalue weighted by atomic mass is 35.5. The zero-order valence-electron chi connectivity index (χ0n) is 25.7. The first-order valence-corrected chi connectivity index (χ1v) is 15.6. The Labute approximate surface area is 261 Å². The second-order valence-electron chi connectivity index (χ2n) is 12.3. The largest absolute Gasteiger partial charge is 0.493 e. The molecule has 3 aromatic rings. The Kier molecular flexibility index (Phi) is 10.4. The Morgan fingerprint density at radius 1 is 0.857 bits per heavy atom. The summed E-state index contributed by atoms with van der Waals surface area (Å²) in [5.74, 6) is 2.26. The third kappa shape index (κ3) is 7.54. The molecular weight excluding hydrogens is 569 g/mol. The lowest BCUT2D eigenvalue weighted by Crippen LogP contribution is -2.31. The fraction of sp³-hybridized carbons (Fsp3) is 0.457. The van der Waals surface area contributed by atoms with Crippen LogP contribution >= 0.6 is 23.2 Å². The van der Waals surface area contributed by atoms with Crippen molar-refractivity contribution < 1.29 is 19.0 Å². The van der Waals surface area contributed by atoms with Crippen LogP contribution in [0.1, 0.15) is 94.3 Å². The molecule has 0 aliphatic carbocycles. The fourth-order valence-corrected chi connectivity index (χ4v) is 5.21. The van der Waals surface area contributed by atoms with Crippen molar-refractivity contribution >= 4 is 29.1 Å². The van der Waals surface area contributed by atoms with Gasteiger partial charge in [-0.15, -0.1) is 0 Å². The summed E-state index contributed by atoms with van der Waals surface area (Å²) in [7, 11) is 0. The minimum absolute atomic E-state index is 0.00283. The number of ether oxygens (including phenoxy) is 3. The van der Waals surface area contributed by atoms with Crippen LogP contribution in [-0.2, 0) is 17.4 Å². The summed E-state index contributed by atoms with van der Waals surface area (Å²) in [6, 6.07) is 17.5. The zero-order chi connectivity index (χ0) is 30.5. The van der Waals surface area contributed by atoms with Crippen molar-refractivity contribution in [2.75, 3.05) is 19.9 Å². The highest BCUT2D eigenvalue weighted by molar-refractivity contribution is 6.42. The number of carbonyl (C=O) groups excluding carboxylic acids is 1. The number of unbranched alkanes of at least 4 members (excludes halogenated alkanes) is 1. The molecule has 3 aromatic carbocycles. The van der Waals surface area contributed by atoms with E-state index < -0.39 is 0 Å². The summed E-state index contributed by atoms with van der Waals surface area (Å²) in [5, 5.41) is 0.780. The Morgan fingerprint density at radius 3 is 2.31 bits per heavy atom. The van der Waals surface area contributed by atoms with Crippen LogP contribution < -0.4 is 14.2 Å². The van der Waals surface area contributed by atoms with Gasteiger partial charge in [-0.25, -0.2) is 0 Å². The van der Waals surface area contributed by atoms with Crippen molar-refractivity contribution in [2.45, 2.75) is 84.6 Å². The highest BCUT2D eigenvalue weighted by Gasteiger charge is 2.27. The number of benzene rings is 3. The van der Waals surface area contributed by atoms with Crippen LogP contribution in [0.25, 0.3) is 0 Å². The average Bonchev–Trinajstić information content (AvgIpc) is 3.45. The van der Waals surface area contributed by atoms with Gasteiger partial charge in [0.2, 0.25) is 6.79 Å².